The van der Waals surface area contributed by atoms with E-state index in [-0.39, 0.29) is 83.5 Å². The third-order valence-electron chi connectivity index (χ3n) is 16.9. The summed E-state index contributed by atoms with van der Waals surface area (Å²) in [4.78, 5) is 50.5. The fourth-order valence-corrected chi connectivity index (χ4v) is 11.5. The van der Waals surface area contributed by atoms with Crippen LogP contribution in [-0.4, -0.2) is 218 Å². The van der Waals surface area contributed by atoms with E-state index >= 15 is 0 Å². The van der Waals surface area contributed by atoms with Gasteiger partial charge in [-0.05, 0) is 90.4 Å². The summed E-state index contributed by atoms with van der Waals surface area (Å²) in [5, 5.41) is 142. The third kappa shape index (κ3) is 22.1. The van der Waals surface area contributed by atoms with E-state index in [9.17, 15) is 85.6 Å². The van der Waals surface area contributed by atoms with E-state index in [1.807, 2.05) is 6.92 Å². The molecule has 0 unspecified atom stereocenters. The molecular weight excluding hydrogens is 1070 g/mol. The van der Waals surface area contributed by atoms with E-state index in [1.54, 1.807) is 48.5 Å². The first-order chi connectivity index (χ1) is 37.9. The van der Waals surface area contributed by atoms with Crippen LogP contribution in [0.4, 0.5) is 0 Å². The number of carboxylic acids is 1. The van der Waals surface area contributed by atoms with E-state index in [0.717, 1.165) is 12.5 Å². The number of fused-ring (bicyclic) bond motifs is 3. The van der Waals surface area contributed by atoms with Crippen LogP contribution in [0.5, 0.6) is 0 Å². The molecule has 4 aliphatic heterocycles. The topological polar surface area (TPSA) is 399 Å². The van der Waals surface area contributed by atoms with E-state index in [1.165, 1.54) is 6.08 Å². The van der Waals surface area contributed by atoms with Crippen LogP contribution in [0.3, 0.4) is 0 Å². The van der Waals surface area contributed by atoms with Crippen molar-refractivity contribution in [1.82, 2.24) is 0 Å². The summed E-state index contributed by atoms with van der Waals surface area (Å²) >= 11 is 0. The minimum Gasteiger partial charge on any atom is -0.481 e. The molecule has 13 N–H and O–H groups in total. The highest BCUT2D eigenvalue weighted by Crippen LogP contribution is 2.42. The molecular formula is C57H98O24. The Labute approximate surface area is 475 Å². The Morgan fingerprint density at radius 2 is 1.35 bits per heavy atom. The quantitative estimate of drug-likeness (QED) is 0.0474. The second-order valence-corrected chi connectivity index (χ2v) is 23.9. The van der Waals surface area contributed by atoms with E-state index in [4.69, 9.17) is 33.2 Å². The van der Waals surface area contributed by atoms with Gasteiger partial charge in [0.15, 0.2) is 12.1 Å². The van der Waals surface area contributed by atoms with Gasteiger partial charge in [-0.3, -0.25) is 14.4 Å². The Balaban J connectivity index is 1.56. The van der Waals surface area contributed by atoms with Gasteiger partial charge >= 0.3 is 23.9 Å². The maximum absolute atomic E-state index is 13.7. The molecule has 0 saturated carbocycles. The Morgan fingerprint density at radius 1 is 0.716 bits per heavy atom. The molecule has 24 heteroatoms. The van der Waals surface area contributed by atoms with Crippen molar-refractivity contribution in [3.05, 3.63) is 12.2 Å². The first-order valence-electron chi connectivity index (χ1n) is 29.3. The van der Waals surface area contributed by atoms with Crippen LogP contribution < -0.4 is 0 Å². The van der Waals surface area contributed by atoms with E-state index in [0.29, 0.717) is 6.42 Å². The lowest BCUT2D eigenvalue weighted by molar-refractivity contribution is -0.333. The van der Waals surface area contributed by atoms with Gasteiger partial charge in [0.1, 0.15) is 43.0 Å². The van der Waals surface area contributed by atoms with Crippen LogP contribution >= 0.6 is 0 Å². The second kappa shape index (κ2) is 33.0. The molecule has 2 bridgehead atoms. The van der Waals surface area contributed by atoms with E-state index < -0.39 is 194 Å². The highest BCUT2D eigenvalue weighted by atomic mass is 16.7. The average molecular weight is 1170 g/mol. The Bertz CT molecular complexity index is 1940. The zero-order chi connectivity index (χ0) is 60.6. The number of aliphatic carboxylic acids is 1. The molecule has 0 spiro atoms. The number of aliphatic hydroxyl groups excluding tert-OH is 11. The van der Waals surface area contributed by atoms with Crippen molar-refractivity contribution in [3.8, 4) is 0 Å². The maximum Gasteiger partial charge on any atom is 0.330 e. The number of esters is 3. The van der Waals surface area contributed by atoms with Crippen LogP contribution in [0.25, 0.3) is 0 Å². The summed E-state index contributed by atoms with van der Waals surface area (Å²) < 4.78 is 41.3. The van der Waals surface area contributed by atoms with Gasteiger partial charge in [0.2, 0.25) is 0 Å². The normalized spacial score (nSPS) is 40.3. The summed E-state index contributed by atoms with van der Waals surface area (Å²) in [7, 11) is 0. The van der Waals surface area contributed by atoms with Crippen molar-refractivity contribution < 1.29 is 119 Å². The summed E-state index contributed by atoms with van der Waals surface area (Å²) in [6.07, 6.45) is -20.4. The van der Waals surface area contributed by atoms with Crippen molar-refractivity contribution in [2.24, 2.45) is 29.6 Å². The number of hydrogen-bond donors (Lipinski definition) is 13. The van der Waals surface area contributed by atoms with Gasteiger partial charge in [-0.15, -0.1) is 0 Å². The molecule has 0 amide bonds. The second-order valence-electron chi connectivity index (χ2n) is 23.9. The fourth-order valence-electron chi connectivity index (χ4n) is 11.5. The van der Waals surface area contributed by atoms with Crippen molar-refractivity contribution in [3.63, 3.8) is 0 Å². The fraction of sp³-hybridized carbons (Fsp3) is 0.895. The van der Waals surface area contributed by atoms with Crippen molar-refractivity contribution >= 4 is 23.9 Å². The molecule has 470 valence electrons. The SMILES string of the molecule is CCCCC(=O)O[C@H]1C[C@H](O[C@@H](C)[C@H](C)[C@H](O)[C@@H](C)[C@H](O)[C@H](C)[C@H]2OC(=O)/C=C/C[C@H](O)C[C@H](O)C[C@@H](O)CC[C@@H](C)[C@H](O)C[C@]3(O)O[C@H](C[C@@H](O)C[C@H](O)CCC[C@H](OC(=O)CC(=O)O)[C@@H]4O[C@H]4[C@@H]2C)C[C@H](O)[C@H]3O)O[C@@H](C)[C@H]1O. The van der Waals surface area contributed by atoms with Crippen LogP contribution in [0.2, 0.25) is 0 Å². The number of aliphatic hydroxyl groups is 12. The highest BCUT2D eigenvalue weighted by Gasteiger charge is 2.54. The molecule has 4 aliphatic rings. The smallest absolute Gasteiger partial charge is 0.330 e. The van der Waals surface area contributed by atoms with Gasteiger partial charge in [-0.25, -0.2) is 4.79 Å². The Kier molecular flexibility index (Phi) is 28.7. The number of epoxide rings is 1. The number of carbonyl (C=O) groups excluding carboxylic acids is 3. The van der Waals surface area contributed by atoms with Gasteiger partial charge in [-0.1, -0.05) is 54.0 Å². The molecule has 4 rings (SSSR count). The number of carboxylic acid groups (broad SMARTS) is 1. The minimum atomic E-state index is -2.43. The number of rotatable bonds is 15. The molecule has 3 saturated heterocycles. The summed E-state index contributed by atoms with van der Waals surface area (Å²) in [6, 6.07) is 0. The van der Waals surface area contributed by atoms with Gasteiger partial charge < -0.3 is 99.5 Å². The molecule has 0 aliphatic carbocycles. The number of hydrogen-bond acceptors (Lipinski definition) is 23. The molecule has 0 aromatic carbocycles. The number of carbonyl (C=O) groups is 4. The summed E-state index contributed by atoms with van der Waals surface area (Å²) in [5.74, 6) is -10.1. The predicted octanol–water partition coefficient (Wildman–Crippen LogP) is 1.18. The Morgan fingerprint density at radius 3 is 2.00 bits per heavy atom. The van der Waals surface area contributed by atoms with Crippen molar-refractivity contribution in [2.45, 2.75) is 293 Å². The van der Waals surface area contributed by atoms with Crippen molar-refractivity contribution in [2.75, 3.05) is 0 Å². The van der Waals surface area contributed by atoms with Gasteiger partial charge in [0, 0.05) is 55.4 Å². The number of ether oxygens (including phenoxy) is 7. The van der Waals surface area contributed by atoms with Crippen LogP contribution in [0.15, 0.2) is 12.2 Å². The molecule has 81 heavy (non-hydrogen) atoms. The lowest BCUT2D eigenvalue weighted by Gasteiger charge is -2.45. The molecule has 24 nitrogen and oxygen atoms in total. The third-order valence-corrected chi connectivity index (χ3v) is 16.9. The lowest BCUT2D eigenvalue weighted by Crippen LogP contribution is -2.59. The van der Waals surface area contributed by atoms with E-state index in [2.05, 4.69) is 0 Å². The molecule has 3 fully saturated rings. The maximum atomic E-state index is 13.7. The lowest BCUT2D eigenvalue weighted by atomic mass is 9.77. The van der Waals surface area contributed by atoms with Gasteiger partial charge in [0.05, 0.1) is 79.4 Å². The molecule has 0 aromatic rings. The van der Waals surface area contributed by atoms with Crippen LogP contribution in [-0.2, 0) is 52.3 Å². The molecule has 0 aromatic heterocycles. The molecule has 26 atom stereocenters. The van der Waals surface area contributed by atoms with Crippen molar-refractivity contribution in [1.29, 1.82) is 0 Å². The highest BCUT2D eigenvalue weighted by molar-refractivity contribution is 5.90. The minimum absolute atomic E-state index is 0.0306. The standard InChI is InChI=1S/C57H98O24/c1-9-10-16-46(67)78-44-25-49(76-34(8)52(44)72)75-33(7)29(3)50(70)30(4)51(71)31(5)53-32(6)54-55(80-54)43(77-48(69)26-45(65)66)15-11-13-35(58)21-39(62)23-40-24-41(63)56(73)57(74,81-40)27-42(64)28(2)18-19-37(60)22-38(61)20-36(59)14-12-17-47(68)79-53/h12,17,28-44,49-56,58-64,70-74H,9-11,13-16,18-27H2,1-8H3,(H,65,66)/b17-12+/t28-,29+,30-,31+,32-,33+,34+,35-,36+,37+,38+,39+,40-,41+,42-,43+,44+,49-,50+,51+,52-,53-,54+,55+,56-,57+/m1/s1. The summed E-state index contributed by atoms with van der Waals surface area (Å²) in [5.41, 5.74) is 0. The van der Waals surface area contributed by atoms with Crippen LogP contribution in [0.1, 0.15) is 165 Å². The number of unbranched alkanes of at least 4 members (excludes halogenated alkanes) is 1. The molecule has 0 radical (unpaired) electrons. The first-order valence-corrected chi connectivity index (χ1v) is 29.3. The Hall–Kier alpha value is -3.02. The summed E-state index contributed by atoms with van der Waals surface area (Å²) in [6.45, 7) is 13.5. The predicted molar refractivity (Wildman–Crippen MR) is 286 cm³/mol. The zero-order valence-electron chi connectivity index (χ0n) is 48.4. The zero-order valence-corrected chi connectivity index (χ0v) is 48.4. The molecule has 4 heterocycles. The largest absolute Gasteiger partial charge is 0.481 e. The van der Waals surface area contributed by atoms with Gasteiger partial charge in [0.25, 0.3) is 0 Å². The van der Waals surface area contributed by atoms with Gasteiger partial charge in [-0.2, -0.15) is 0 Å². The number of cyclic esters (lactones) is 1. The average Bonchev–Trinajstić information content (AvgIpc) is 4.21. The monoisotopic (exact) mass is 1170 g/mol. The van der Waals surface area contributed by atoms with Crippen LogP contribution in [0, 0.1) is 29.6 Å². The first kappa shape index (κ1) is 70.5.